The van der Waals surface area contributed by atoms with E-state index >= 15 is 0 Å². The Morgan fingerprint density at radius 3 is 1.24 bits per heavy atom. The second-order valence-electron chi connectivity index (χ2n) is 22.2. The Balaban J connectivity index is 5.23. The van der Waals surface area contributed by atoms with E-state index in [1.807, 2.05) is 33.3 Å². The summed E-state index contributed by atoms with van der Waals surface area (Å²) < 4.78 is 30.7. The molecule has 75 heavy (non-hydrogen) atoms. The summed E-state index contributed by atoms with van der Waals surface area (Å²) >= 11 is 0. The fraction of sp³-hybridized carbons (Fsp3) is 0.785. The number of hydrogen-bond acceptors (Lipinski definition) is 6. The van der Waals surface area contributed by atoms with Crippen molar-refractivity contribution in [2.45, 2.75) is 290 Å². The first kappa shape index (κ1) is 72.5. The van der Waals surface area contributed by atoms with Gasteiger partial charge in [0.1, 0.15) is 19.3 Å². The van der Waals surface area contributed by atoms with E-state index in [1.54, 1.807) is 0 Å². The summed E-state index contributed by atoms with van der Waals surface area (Å²) in [6.07, 6.45) is 70.4. The van der Waals surface area contributed by atoms with Crippen LogP contribution in [-0.4, -0.2) is 74.3 Å². The van der Waals surface area contributed by atoms with Gasteiger partial charge in [0.05, 0.1) is 33.8 Å². The van der Waals surface area contributed by atoms with Crippen LogP contribution < -0.4 is 5.32 Å². The van der Waals surface area contributed by atoms with Crippen LogP contribution in [0.15, 0.2) is 72.9 Å². The number of phosphoric ester groups is 1. The lowest BCUT2D eigenvalue weighted by molar-refractivity contribution is -0.870. The summed E-state index contributed by atoms with van der Waals surface area (Å²) in [5.41, 5.74) is 0. The number of allylic oxidation sites excluding steroid dienone is 11. The summed E-state index contributed by atoms with van der Waals surface area (Å²) in [5.74, 6) is -0.531. The number of nitrogens with one attached hydrogen (secondary N) is 1. The van der Waals surface area contributed by atoms with Gasteiger partial charge >= 0.3 is 13.8 Å². The molecule has 0 heterocycles. The first-order valence-corrected chi connectivity index (χ1v) is 32.8. The molecule has 0 radical (unpaired) electrons. The van der Waals surface area contributed by atoms with Gasteiger partial charge in [-0.15, -0.1) is 0 Å². The molecule has 0 fully saturated rings. The average Bonchev–Trinajstić information content (AvgIpc) is 3.37. The van der Waals surface area contributed by atoms with E-state index in [0.717, 1.165) is 83.5 Å². The van der Waals surface area contributed by atoms with E-state index in [9.17, 15) is 19.0 Å². The number of unbranched alkanes of at least 4 members (excludes halogenated alkanes) is 30. The standard InChI is InChI=1S/C65H119N2O7P/c1-7-10-13-16-19-22-25-27-29-31-32-33-34-36-37-39-42-45-48-51-54-57-64(68)66-62(61-73-75(70,71)72-60-59-67(4,5)6)63(56-53-50-47-44-41-24-21-18-15-12-9-3)74-65(69)58-55-52-49-46-43-40-38-35-30-28-26-23-20-17-14-11-8-2/h19-20,22-23,27-30,38,40,53,56,62-63H,7-18,21,24-26,31-37,39,41-52,54-55,57-61H2,1-6H3,(H-,66,68,70,71)/p+1/b22-19-,23-20-,29-27-,30-28-,40-38-,56-53-. The van der Waals surface area contributed by atoms with Crippen molar-refractivity contribution < 1.29 is 37.3 Å². The molecule has 3 atom stereocenters. The van der Waals surface area contributed by atoms with Crippen LogP contribution in [0, 0.1) is 0 Å². The Morgan fingerprint density at radius 1 is 0.467 bits per heavy atom. The highest BCUT2D eigenvalue weighted by atomic mass is 31.2. The predicted molar refractivity (Wildman–Crippen MR) is 323 cm³/mol. The molecule has 0 aromatic heterocycles. The van der Waals surface area contributed by atoms with Gasteiger partial charge in [-0.2, -0.15) is 0 Å². The number of nitrogens with zero attached hydrogens (tertiary/aromatic N) is 1. The Bertz CT molecular complexity index is 1510. The zero-order chi connectivity index (χ0) is 55.0. The van der Waals surface area contributed by atoms with Crippen molar-refractivity contribution in [1.82, 2.24) is 5.32 Å². The number of likely N-dealkylation sites (N-methyl/N-ethyl adjacent to an activating group) is 1. The minimum absolute atomic E-state index is 0.0340. The zero-order valence-electron chi connectivity index (χ0n) is 49.8. The number of rotatable bonds is 56. The van der Waals surface area contributed by atoms with Gasteiger partial charge in [-0.05, 0) is 102 Å². The van der Waals surface area contributed by atoms with Crippen molar-refractivity contribution in [3.05, 3.63) is 72.9 Å². The highest BCUT2D eigenvalue weighted by Crippen LogP contribution is 2.43. The largest absolute Gasteiger partial charge is 0.472 e. The molecule has 10 heteroatoms. The number of carbonyl (C=O) groups is 2. The normalized spacial score (nSPS) is 14.2. The van der Waals surface area contributed by atoms with Crippen molar-refractivity contribution in [3.63, 3.8) is 0 Å². The number of carbonyl (C=O) groups excluding carboxylic acids is 2. The second-order valence-corrected chi connectivity index (χ2v) is 23.7. The lowest BCUT2D eigenvalue weighted by Gasteiger charge is -2.27. The van der Waals surface area contributed by atoms with E-state index < -0.39 is 20.0 Å². The van der Waals surface area contributed by atoms with Crippen LogP contribution in [0.4, 0.5) is 0 Å². The Morgan fingerprint density at radius 2 is 0.813 bits per heavy atom. The molecule has 0 rings (SSSR count). The SMILES string of the molecule is CCCCC/C=C\C/C=C\C/C=C\CCCCCCC(=O)OC(/C=C\CCCCCCCCCCC)C(COP(=O)(O)OCC[N+](C)(C)C)NC(=O)CCCCCCCCCCCCC/C=C\C/C=C\CCCCC. The average molecular weight is 1070 g/mol. The van der Waals surface area contributed by atoms with Crippen molar-refractivity contribution in [3.8, 4) is 0 Å². The molecule has 436 valence electrons. The van der Waals surface area contributed by atoms with E-state index in [2.05, 4.69) is 86.8 Å². The third-order valence-corrected chi connectivity index (χ3v) is 14.6. The van der Waals surface area contributed by atoms with Crippen molar-refractivity contribution in [2.75, 3.05) is 40.9 Å². The van der Waals surface area contributed by atoms with E-state index in [1.165, 1.54) is 154 Å². The molecule has 0 aliphatic rings. The third-order valence-electron chi connectivity index (χ3n) is 13.6. The van der Waals surface area contributed by atoms with Gasteiger partial charge in [0, 0.05) is 12.8 Å². The first-order valence-electron chi connectivity index (χ1n) is 31.3. The molecule has 0 spiro atoms. The van der Waals surface area contributed by atoms with Gasteiger partial charge in [-0.3, -0.25) is 18.6 Å². The smallest absolute Gasteiger partial charge is 0.456 e. The maximum absolute atomic E-state index is 13.5. The highest BCUT2D eigenvalue weighted by Gasteiger charge is 2.30. The predicted octanol–water partition coefficient (Wildman–Crippen LogP) is 19.2. The Kier molecular flexibility index (Phi) is 52.9. The molecule has 9 nitrogen and oxygen atoms in total. The molecule has 2 N–H and O–H groups in total. The summed E-state index contributed by atoms with van der Waals surface area (Å²) in [7, 11) is 1.48. The number of ether oxygens (including phenoxy) is 1. The monoisotopic (exact) mass is 1070 g/mol. The van der Waals surface area contributed by atoms with E-state index in [-0.39, 0.29) is 31.5 Å². The molecule has 0 aromatic rings. The van der Waals surface area contributed by atoms with Gasteiger partial charge in [-0.25, -0.2) is 4.57 Å². The fourth-order valence-electron chi connectivity index (χ4n) is 8.74. The third kappa shape index (κ3) is 56.0. The molecule has 0 aliphatic heterocycles. The van der Waals surface area contributed by atoms with Crippen LogP contribution >= 0.6 is 7.82 Å². The molecule has 0 saturated carbocycles. The number of hydrogen-bond donors (Lipinski definition) is 2. The van der Waals surface area contributed by atoms with Gasteiger partial charge in [-0.1, -0.05) is 235 Å². The summed E-state index contributed by atoms with van der Waals surface area (Å²) in [5, 5.41) is 3.05. The molecule has 1 amide bonds. The lowest BCUT2D eigenvalue weighted by Crippen LogP contribution is -2.47. The zero-order valence-corrected chi connectivity index (χ0v) is 50.7. The first-order chi connectivity index (χ1) is 36.4. The van der Waals surface area contributed by atoms with E-state index in [0.29, 0.717) is 23.9 Å². The number of amides is 1. The number of phosphoric acid groups is 1. The lowest BCUT2D eigenvalue weighted by atomic mass is 10.0. The van der Waals surface area contributed by atoms with Gasteiger partial charge in [0.2, 0.25) is 5.91 Å². The molecule has 0 saturated heterocycles. The summed E-state index contributed by atoms with van der Waals surface area (Å²) in [6.45, 7) is 6.95. The van der Waals surface area contributed by atoms with Gasteiger partial charge < -0.3 is 19.4 Å². The Labute approximate surface area is 463 Å². The van der Waals surface area contributed by atoms with Crippen molar-refractivity contribution in [2.24, 2.45) is 0 Å². The highest BCUT2D eigenvalue weighted by molar-refractivity contribution is 7.47. The van der Waals surface area contributed by atoms with Crippen LogP contribution in [0.2, 0.25) is 0 Å². The molecule has 0 aliphatic carbocycles. The van der Waals surface area contributed by atoms with Crippen molar-refractivity contribution in [1.29, 1.82) is 0 Å². The van der Waals surface area contributed by atoms with Crippen LogP contribution in [0.25, 0.3) is 0 Å². The van der Waals surface area contributed by atoms with Crippen molar-refractivity contribution >= 4 is 19.7 Å². The fourth-order valence-corrected chi connectivity index (χ4v) is 9.48. The molecule has 0 bridgehead atoms. The minimum Gasteiger partial charge on any atom is -0.456 e. The van der Waals surface area contributed by atoms with Crippen LogP contribution in [0.1, 0.15) is 278 Å². The molecular formula is C65H120N2O7P+. The van der Waals surface area contributed by atoms with Gasteiger partial charge in [0.15, 0.2) is 0 Å². The maximum Gasteiger partial charge on any atom is 0.472 e. The summed E-state index contributed by atoms with van der Waals surface area (Å²) in [6, 6.07) is -0.860. The van der Waals surface area contributed by atoms with Gasteiger partial charge in [0.25, 0.3) is 0 Å². The van der Waals surface area contributed by atoms with Crippen LogP contribution in [0.3, 0.4) is 0 Å². The topological polar surface area (TPSA) is 111 Å². The Hall–Kier alpha value is -2.55. The van der Waals surface area contributed by atoms with E-state index in [4.69, 9.17) is 13.8 Å². The number of esters is 1. The quantitative estimate of drug-likeness (QED) is 0.0205. The summed E-state index contributed by atoms with van der Waals surface area (Å²) in [4.78, 5) is 37.7. The van der Waals surface area contributed by atoms with Crippen LogP contribution in [-0.2, 0) is 27.9 Å². The maximum atomic E-state index is 13.5. The minimum atomic E-state index is -4.45. The molecular weight excluding hydrogens is 952 g/mol. The molecule has 0 aromatic carbocycles. The van der Waals surface area contributed by atoms with Crippen LogP contribution in [0.5, 0.6) is 0 Å². The molecule has 3 unspecified atom stereocenters. The second kappa shape index (κ2) is 54.8. The number of quaternary nitrogens is 1.